The zero-order valence-corrected chi connectivity index (χ0v) is 14.4. The van der Waals surface area contributed by atoms with Gasteiger partial charge in [-0.25, -0.2) is 0 Å². The van der Waals surface area contributed by atoms with Gasteiger partial charge in [-0.2, -0.15) is 0 Å². The Morgan fingerprint density at radius 1 is 1.21 bits per heavy atom. The van der Waals surface area contributed by atoms with E-state index in [1.807, 2.05) is 0 Å². The van der Waals surface area contributed by atoms with Crippen molar-refractivity contribution in [2.45, 2.75) is 59.4 Å². The number of halogens is 1. The van der Waals surface area contributed by atoms with E-state index in [1.54, 1.807) is 0 Å². The molecule has 108 valence electrons. The molecule has 0 saturated carbocycles. The molecule has 0 aliphatic heterocycles. The van der Waals surface area contributed by atoms with Crippen molar-refractivity contribution in [2.24, 2.45) is 5.92 Å². The van der Waals surface area contributed by atoms with Gasteiger partial charge in [0.2, 0.25) is 0 Å². The summed E-state index contributed by atoms with van der Waals surface area (Å²) in [4.78, 5) is 0. The molecule has 2 heteroatoms. The van der Waals surface area contributed by atoms with Gasteiger partial charge < -0.3 is 5.32 Å². The maximum absolute atomic E-state index is 3.72. The van der Waals surface area contributed by atoms with E-state index in [0.29, 0.717) is 6.04 Å². The third-order valence-electron chi connectivity index (χ3n) is 3.45. The summed E-state index contributed by atoms with van der Waals surface area (Å²) in [6, 6.07) is 7.18. The van der Waals surface area contributed by atoms with Gasteiger partial charge in [-0.1, -0.05) is 61.7 Å². The number of aryl methyl sites for hydroxylation is 1. The molecule has 0 aromatic heterocycles. The molecule has 1 aromatic rings. The maximum Gasteiger partial charge on any atom is 0.0331 e. The Morgan fingerprint density at radius 3 is 2.53 bits per heavy atom. The van der Waals surface area contributed by atoms with Crippen LogP contribution in [0.3, 0.4) is 0 Å². The van der Waals surface area contributed by atoms with E-state index in [9.17, 15) is 0 Å². The predicted octanol–water partition coefficient (Wildman–Crippen LogP) is 5.62. The molecule has 1 nitrogen and oxygen atoms in total. The fraction of sp³-hybridized carbons (Fsp3) is 0.647. The smallest absolute Gasteiger partial charge is 0.0331 e. The first kappa shape index (κ1) is 16.7. The van der Waals surface area contributed by atoms with Crippen LogP contribution >= 0.6 is 15.9 Å². The van der Waals surface area contributed by atoms with Crippen molar-refractivity contribution in [1.29, 1.82) is 0 Å². The van der Waals surface area contributed by atoms with E-state index in [4.69, 9.17) is 0 Å². The number of hydrogen-bond acceptors (Lipinski definition) is 1. The van der Waals surface area contributed by atoms with Crippen LogP contribution in [0, 0.1) is 12.8 Å². The molecular formula is C17H28BrN. The number of hydrogen-bond donors (Lipinski definition) is 1. The van der Waals surface area contributed by atoms with E-state index in [2.05, 4.69) is 67.1 Å². The molecule has 0 radical (unpaired) electrons. The van der Waals surface area contributed by atoms with Crippen LogP contribution in [0.2, 0.25) is 0 Å². The summed E-state index contributed by atoms with van der Waals surface area (Å²) < 4.78 is 1.24. The van der Waals surface area contributed by atoms with Gasteiger partial charge in [0.1, 0.15) is 0 Å². The maximum atomic E-state index is 3.72. The molecule has 1 rings (SSSR count). The molecule has 0 aliphatic rings. The van der Waals surface area contributed by atoms with Crippen LogP contribution < -0.4 is 5.32 Å². The summed E-state index contributed by atoms with van der Waals surface area (Å²) >= 11 is 3.72. The summed E-state index contributed by atoms with van der Waals surface area (Å²) in [5.74, 6) is 0.799. The van der Waals surface area contributed by atoms with Crippen molar-refractivity contribution < 1.29 is 0 Å². The van der Waals surface area contributed by atoms with Crippen molar-refractivity contribution in [3.63, 3.8) is 0 Å². The largest absolute Gasteiger partial charge is 0.310 e. The van der Waals surface area contributed by atoms with Crippen molar-refractivity contribution in [2.75, 3.05) is 6.54 Å². The first-order valence-electron chi connectivity index (χ1n) is 7.54. The second kappa shape index (κ2) is 8.76. The van der Waals surface area contributed by atoms with Crippen molar-refractivity contribution in [3.05, 3.63) is 33.8 Å². The lowest BCUT2D eigenvalue weighted by atomic mass is 9.97. The minimum absolute atomic E-state index is 0.480. The lowest BCUT2D eigenvalue weighted by Gasteiger charge is -2.21. The lowest BCUT2D eigenvalue weighted by Crippen LogP contribution is -2.22. The van der Waals surface area contributed by atoms with E-state index >= 15 is 0 Å². The molecule has 0 bridgehead atoms. The molecule has 0 aliphatic carbocycles. The number of rotatable bonds is 8. The van der Waals surface area contributed by atoms with Gasteiger partial charge in [0.15, 0.2) is 0 Å². The monoisotopic (exact) mass is 325 g/mol. The standard InChI is InChI=1S/C17H28BrN/c1-5-11-19-17(8-6-7-13(2)3)15-10-9-14(4)12-16(15)18/h9-10,12-13,17,19H,5-8,11H2,1-4H3. The fourth-order valence-corrected chi connectivity index (χ4v) is 3.10. The highest BCUT2D eigenvalue weighted by Gasteiger charge is 2.13. The molecule has 0 fully saturated rings. The first-order chi connectivity index (χ1) is 9.04. The Hall–Kier alpha value is -0.340. The van der Waals surface area contributed by atoms with Crippen LogP contribution in [0.25, 0.3) is 0 Å². The summed E-state index contributed by atoms with van der Waals surface area (Å²) in [6.07, 6.45) is 5.01. The molecule has 1 N–H and O–H groups in total. The Morgan fingerprint density at radius 2 is 1.95 bits per heavy atom. The Labute approximate surface area is 127 Å². The van der Waals surface area contributed by atoms with Crippen LogP contribution in [0.15, 0.2) is 22.7 Å². The van der Waals surface area contributed by atoms with Crippen molar-refractivity contribution >= 4 is 15.9 Å². The summed E-state index contributed by atoms with van der Waals surface area (Å²) in [7, 11) is 0. The fourth-order valence-electron chi connectivity index (χ4n) is 2.33. The minimum atomic E-state index is 0.480. The quantitative estimate of drug-likeness (QED) is 0.653. The third kappa shape index (κ3) is 6.09. The first-order valence-corrected chi connectivity index (χ1v) is 8.33. The Kier molecular flexibility index (Phi) is 7.70. The third-order valence-corrected chi connectivity index (χ3v) is 4.13. The Bertz CT molecular complexity index is 374. The number of benzene rings is 1. The normalized spacial score (nSPS) is 12.9. The van der Waals surface area contributed by atoms with Crippen LogP contribution in [0.1, 0.15) is 63.6 Å². The molecule has 1 aromatic carbocycles. The lowest BCUT2D eigenvalue weighted by molar-refractivity contribution is 0.446. The van der Waals surface area contributed by atoms with Crippen LogP contribution in [0.5, 0.6) is 0 Å². The SMILES string of the molecule is CCCNC(CCCC(C)C)c1ccc(C)cc1Br. The highest BCUT2D eigenvalue weighted by molar-refractivity contribution is 9.10. The van der Waals surface area contributed by atoms with Gasteiger partial charge in [0, 0.05) is 10.5 Å². The van der Waals surface area contributed by atoms with Gasteiger partial charge in [-0.3, -0.25) is 0 Å². The molecule has 0 saturated heterocycles. The molecule has 1 atom stereocenters. The van der Waals surface area contributed by atoms with Gasteiger partial charge >= 0.3 is 0 Å². The topological polar surface area (TPSA) is 12.0 Å². The minimum Gasteiger partial charge on any atom is -0.310 e. The molecule has 0 amide bonds. The van der Waals surface area contributed by atoms with E-state index in [-0.39, 0.29) is 0 Å². The van der Waals surface area contributed by atoms with Crippen LogP contribution in [-0.2, 0) is 0 Å². The van der Waals surface area contributed by atoms with E-state index < -0.39 is 0 Å². The predicted molar refractivity (Wildman–Crippen MR) is 88.6 cm³/mol. The van der Waals surface area contributed by atoms with Crippen molar-refractivity contribution in [1.82, 2.24) is 5.32 Å². The van der Waals surface area contributed by atoms with Crippen LogP contribution in [-0.4, -0.2) is 6.54 Å². The van der Waals surface area contributed by atoms with Crippen LogP contribution in [0.4, 0.5) is 0 Å². The second-order valence-electron chi connectivity index (χ2n) is 5.86. The summed E-state index contributed by atoms with van der Waals surface area (Å²) in [5.41, 5.74) is 2.72. The molecule has 19 heavy (non-hydrogen) atoms. The highest BCUT2D eigenvalue weighted by Crippen LogP contribution is 2.28. The van der Waals surface area contributed by atoms with Gasteiger partial charge in [-0.15, -0.1) is 0 Å². The van der Waals surface area contributed by atoms with Crippen molar-refractivity contribution in [3.8, 4) is 0 Å². The summed E-state index contributed by atoms with van der Waals surface area (Å²) in [6.45, 7) is 10.1. The van der Waals surface area contributed by atoms with E-state index in [1.165, 1.54) is 41.3 Å². The number of nitrogens with one attached hydrogen (secondary N) is 1. The highest BCUT2D eigenvalue weighted by atomic mass is 79.9. The molecular weight excluding hydrogens is 298 g/mol. The molecule has 0 spiro atoms. The van der Waals surface area contributed by atoms with E-state index in [0.717, 1.165) is 12.5 Å². The average molecular weight is 326 g/mol. The summed E-state index contributed by atoms with van der Waals surface area (Å²) in [5, 5.41) is 3.69. The molecule has 1 unspecified atom stereocenters. The van der Waals surface area contributed by atoms with Gasteiger partial charge in [-0.05, 0) is 49.4 Å². The zero-order chi connectivity index (χ0) is 14.3. The Balaban J connectivity index is 2.71. The average Bonchev–Trinajstić information content (AvgIpc) is 2.34. The second-order valence-corrected chi connectivity index (χ2v) is 6.71. The molecule has 0 heterocycles. The zero-order valence-electron chi connectivity index (χ0n) is 12.8. The van der Waals surface area contributed by atoms with Gasteiger partial charge in [0.05, 0.1) is 0 Å². The van der Waals surface area contributed by atoms with Gasteiger partial charge in [0.25, 0.3) is 0 Å².